The van der Waals surface area contributed by atoms with E-state index in [-0.39, 0.29) is 17.2 Å². The number of amides is 1. The third-order valence-electron chi connectivity index (χ3n) is 5.24. The van der Waals surface area contributed by atoms with Crippen LogP contribution in [0.2, 0.25) is 0 Å². The van der Waals surface area contributed by atoms with E-state index in [2.05, 4.69) is 15.5 Å². The molecule has 124 valence electrons. The number of carbonyl (C=O) groups excluding carboxylic acids is 1. The van der Waals surface area contributed by atoms with E-state index in [1.807, 2.05) is 6.07 Å². The molecule has 8 heteroatoms. The van der Waals surface area contributed by atoms with Crippen molar-refractivity contribution in [1.82, 2.24) is 25.1 Å². The zero-order chi connectivity index (χ0) is 16.7. The highest BCUT2D eigenvalue weighted by molar-refractivity contribution is 5.94. The van der Waals surface area contributed by atoms with Crippen LogP contribution in [0.25, 0.3) is 5.69 Å². The van der Waals surface area contributed by atoms with E-state index in [9.17, 15) is 9.59 Å². The van der Waals surface area contributed by atoms with Crippen molar-refractivity contribution >= 4 is 11.9 Å². The monoisotopic (exact) mass is 327 g/mol. The third-order valence-corrected chi connectivity index (χ3v) is 5.24. The average Bonchev–Trinajstić information content (AvgIpc) is 3.05. The van der Waals surface area contributed by atoms with Crippen LogP contribution in [0.3, 0.4) is 0 Å². The van der Waals surface area contributed by atoms with Gasteiger partial charge in [0.05, 0.1) is 11.6 Å². The standard InChI is InChI=1S/C16H17N5O3/c22-14(11-2-1-3-12(8-11)21-10-17-18-19-21)20-6-4-16(5-7-20)9-13(16)15(23)24/h1-3,8,10,13H,4-7,9H2,(H,23,24). The van der Waals surface area contributed by atoms with Gasteiger partial charge in [-0.15, -0.1) is 5.10 Å². The number of aromatic nitrogens is 4. The van der Waals surface area contributed by atoms with Crippen LogP contribution in [0.15, 0.2) is 30.6 Å². The molecule has 1 N–H and O–H groups in total. The number of hydrogen-bond acceptors (Lipinski definition) is 5. The van der Waals surface area contributed by atoms with Crippen LogP contribution in [0, 0.1) is 11.3 Å². The van der Waals surface area contributed by atoms with E-state index in [0.29, 0.717) is 18.7 Å². The van der Waals surface area contributed by atoms with Gasteiger partial charge in [0.1, 0.15) is 6.33 Å². The summed E-state index contributed by atoms with van der Waals surface area (Å²) in [6.45, 7) is 1.22. The highest BCUT2D eigenvalue weighted by Crippen LogP contribution is 2.59. The first-order chi connectivity index (χ1) is 11.6. The van der Waals surface area contributed by atoms with Gasteiger partial charge in [-0.05, 0) is 53.3 Å². The van der Waals surface area contributed by atoms with Crippen molar-refractivity contribution in [2.75, 3.05) is 13.1 Å². The van der Waals surface area contributed by atoms with Crippen LogP contribution in [-0.2, 0) is 4.79 Å². The average molecular weight is 327 g/mol. The van der Waals surface area contributed by atoms with E-state index in [1.165, 1.54) is 11.0 Å². The van der Waals surface area contributed by atoms with Crippen molar-refractivity contribution in [2.24, 2.45) is 11.3 Å². The van der Waals surface area contributed by atoms with Crippen molar-refractivity contribution in [3.63, 3.8) is 0 Å². The van der Waals surface area contributed by atoms with Gasteiger partial charge in [-0.25, -0.2) is 4.68 Å². The van der Waals surface area contributed by atoms with Gasteiger partial charge in [0.2, 0.25) is 0 Å². The number of likely N-dealkylation sites (tertiary alicyclic amines) is 1. The Bertz CT molecular complexity index is 781. The number of piperidine rings is 1. The highest BCUT2D eigenvalue weighted by atomic mass is 16.4. The SMILES string of the molecule is O=C(O)C1CC12CCN(C(=O)c1cccc(-n3cnnn3)c1)CC2. The van der Waals surface area contributed by atoms with Gasteiger partial charge in [0, 0.05) is 18.7 Å². The number of carboxylic acid groups (broad SMARTS) is 1. The fraction of sp³-hybridized carbons (Fsp3) is 0.438. The van der Waals surface area contributed by atoms with Gasteiger partial charge < -0.3 is 10.0 Å². The first-order valence-electron chi connectivity index (χ1n) is 7.95. The first kappa shape index (κ1) is 14.8. The molecule has 0 radical (unpaired) electrons. The van der Waals surface area contributed by atoms with E-state index >= 15 is 0 Å². The Morgan fingerprint density at radius 3 is 2.67 bits per heavy atom. The molecule has 1 aliphatic heterocycles. The Labute approximate surface area is 138 Å². The molecule has 8 nitrogen and oxygen atoms in total. The van der Waals surface area contributed by atoms with Gasteiger partial charge in [0.15, 0.2) is 0 Å². The third kappa shape index (κ3) is 2.44. The molecule has 24 heavy (non-hydrogen) atoms. The second-order valence-electron chi connectivity index (χ2n) is 6.55. The number of tetrazole rings is 1. The number of benzene rings is 1. The molecule has 2 fully saturated rings. The Balaban J connectivity index is 1.46. The summed E-state index contributed by atoms with van der Waals surface area (Å²) >= 11 is 0. The minimum atomic E-state index is -0.705. The zero-order valence-electron chi connectivity index (χ0n) is 13.0. The largest absolute Gasteiger partial charge is 0.481 e. The van der Waals surface area contributed by atoms with Gasteiger partial charge in [-0.3, -0.25) is 9.59 Å². The van der Waals surface area contributed by atoms with Crippen molar-refractivity contribution in [1.29, 1.82) is 0 Å². The predicted octanol–water partition coefficient (Wildman–Crippen LogP) is 0.989. The molecule has 0 bridgehead atoms. The molecular formula is C16H17N5O3. The molecular weight excluding hydrogens is 310 g/mol. The second-order valence-corrected chi connectivity index (χ2v) is 6.55. The predicted molar refractivity (Wildman–Crippen MR) is 82.5 cm³/mol. The summed E-state index contributed by atoms with van der Waals surface area (Å²) in [6, 6.07) is 7.18. The summed E-state index contributed by atoms with van der Waals surface area (Å²) in [5, 5.41) is 20.2. The number of carbonyl (C=O) groups is 2. The van der Waals surface area contributed by atoms with E-state index in [0.717, 1.165) is 24.9 Å². The number of rotatable bonds is 3. The highest BCUT2D eigenvalue weighted by Gasteiger charge is 2.59. The lowest BCUT2D eigenvalue weighted by Crippen LogP contribution is -2.40. The molecule has 2 aliphatic rings. The molecule has 2 heterocycles. The van der Waals surface area contributed by atoms with E-state index in [1.54, 1.807) is 23.1 Å². The van der Waals surface area contributed by atoms with Gasteiger partial charge in [-0.1, -0.05) is 6.07 Å². The molecule has 1 unspecified atom stereocenters. The van der Waals surface area contributed by atoms with Crippen LogP contribution < -0.4 is 0 Å². The van der Waals surface area contributed by atoms with Crippen LogP contribution in [-0.4, -0.2) is 55.2 Å². The van der Waals surface area contributed by atoms with E-state index < -0.39 is 5.97 Å². The van der Waals surface area contributed by atoms with Crippen molar-refractivity contribution < 1.29 is 14.7 Å². The number of aliphatic carboxylic acids is 1. The summed E-state index contributed by atoms with van der Waals surface area (Å²) in [4.78, 5) is 25.6. The molecule has 1 aliphatic carbocycles. The molecule has 1 aromatic heterocycles. The van der Waals surface area contributed by atoms with Crippen LogP contribution >= 0.6 is 0 Å². The Morgan fingerprint density at radius 2 is 2.04 bits per heavy atom. The molecule has 4 rings (SSSR count). The van der Waals surface area contributed by atoms with Crippen molar-refractivity contribution in [2.45, 2.75) is 19.3 Å². The summed E-state index contributed by atoms with van der Waals surface area (Å²) < 4.78 is 1.50. The molecule has 1 atom stereocenters. The van der Waals surface area contributed by atoms with Crippen LogP contribution in [0.1, 0.15) is 29.6 Å². The maximum atomic E-state index is 12.7. The Hall–Kier alpha value is -2.77. The van der Waals surface area contributed by atoms with Crippen LogP contribution in [0.5, 0.6) is 0 Å². The smallest absolute Gasteiger partial charge is 0.307 e. The van der Waals surface area contributed by atoms with Crippen molar-refractivity contribution in [3.05, 3.63) is 36.2 Å². The lowest BCUT2D eigenvalue weighted by atomic mass is 9.90. The minimum absolute atomic E-state index is 0.0349. The number of hydrogen-bond donors (Lipinski definition) is 1. The molecule has 1 aromatic carbocycles. The normalized spacial score (nSPS) is 21.7. The van der Waals surface area contributed by atoms with Gasteiger partial charge in [0.25, 0.3) is 5.91 Å². The maximum absolute atomic E-state index is 12.7. The first-order valence-corrected chi connectivity index (χ1v) is 7.95. The van der Waals surface area contributed by atoms with Crippen molar-refractivity contribution in [3.8, 4) is 5.69 Å². The Kier molecular flexibility index (Phi) is 3.33. The summed E-state index contributed by atoms with van der Waals surface area (Å²) in [7, 11) is 0. The lowest BCUT2D eigenvalue weighted by molar-refractivity contribution is -0.139. The molecule has 2 aromatic rings. The summed E-state index contributed by atoms with van der Waals surface area (Å²) in [5.74, 6) is -0.964. The number of nitrogens with zero attached hydrogens (tertiary/aromatic N) is 5. The lowest BCUT2D eigenvalue weighted by Gasteiger charge is -2.32. The zero-order valence-corrected chi connectivity index (χ0v) is 13.0. The molecule has 1 spiro atoms. The summed E-state index contributed by atoms with van der Waals surface area (Å²) in [6.07, 6.45) is 3.76. The molecule has 1 saturated heterocycles. The maximum Gasteiger partial charge on any atom is 0.307 e. The number of carboxylic acids is 1. The van der Waals surface area contributed by atoms with Gasteiger partial charge in [-0.2, -0.15) is 0 Å². The molecule has 1 saturated carbocycles. The molecule has 1 amide bonds. The topological polar surface area (TPSA) is 101 Å². The fourth-order valence-corrected chi connectivity index (χ4v) is 3.65. The van der Waals surface area contributed by atoms with Gasteiger partial charge >= 0.3 is 5.97 Å². The van der Waals surface area contributed by atoms with Crippen LogP contribution in [0.4, 0.5) is 0 Å². The fourth-order valence-electron chi connectivity index (χ4n) is 3.65. The minimum Gasteiger partial charge on any atom is -0.481 e. The summed E-state index contributed by atoms with van der Waals surface area (Å²) in [5.41, 5.74) is 1.24. The van der Waals surface area contributed by atoms with E-state index in [4.69, 9.17) is 5.11 Å². The quantitative estimate of drug-likeness (QED) is 0.902. The second kappa shape index (κ2) is 5.40. The Morgan fingerprint density at radius 1 is 1.25 bits per heavy atom.